The third-order valence-corrected chi connectivity index (χ3v) is 2.79. The molecule has 2 rings (SSSR count). The molecule has 1 saturated heterocycles. The highest BCUT2D eigenvalue weighted by molar-refractivity contribution is 4.81. The van der Waals surface area contributed by atoms with E-state index in [4.69, 9.17) is 13.9 Å². The van der Waals surface area contributed by atoms with E-state index in [0.29, 0.717) is 18.3 Å². The van der Waals surface area contributed by atoms with Crippen molar-refractivity contribution < 1.29 is 13.9 Å². The molecule has 0 N–H and O–H groups in total. The van der Waals surface area contributed by atoms with Crippen LogP contribution in [0.4, 0.5) is 0 Å². The molecule has 1 aliphatic rings. The number of ether oxygens (including phenoxy) is 2. The molecule has 0 saturated carbocycles. The maximum Gasteiger partial charge on any atom is 0.230 e. The van der Waals surface area contributed by atoms with Crippen LogP contribution in [0.1, 0.15) is 18.2 Å². The predicted molar refractivity (Wildman–Crippen MR) is 60.5 cm³/mol. The van der Waals surface area contributed by atoms with Crippen molar-refractivity contribution in [2.45, 2.75) is 26.0 Å². The average Bonchev–Trinajstić information content (AvgIpc) is 2.73. The Morgan fingerprint density at radius 1 is 1.47 bits per heavy atom. The SMILES string of the molecule is COCC[C@H]1CN(Cc2nnc(C)o2)CCO1. The van der Waals surface area contributed by atoms with Crippen molar-refractivity contribution >= 4 is 0 Å². The number of methoxy groups -OCH3 is 1. The molecule has 1 aliphatic heterocycles. The maximum atomic E-state index is 5.66. The van der Waals surface area contributed by atoms with Gasteiger partial charge in [-0.15, -0.1) is 10.2 Å². The molecule has 2 heterocycles. The van der Waals surface area contributed by atoms with Gasteiger partial charge in [-0.1, -0.05) is 0 Å². The zero-order valence-electron chi connectivity index (χ0n) is 10.4. The predicted octanol–water partition coefficient (Wildman–Crippen LogP) is 0.615. The van der Waals surface area contributed by atoms with Crippen LogP contribution in [0.5, 0.6) is 0 Å². The normalized spacial score (nSPS) is 21.9. The van der Waals surface area contributed by atoms with Crippen LogP contribution in [0, 0.1) is 6.92 Å². The molecule has 1 fully saturated rings. The minimum absolute atomic E-state index is 0.243. The molecule has 1 aromatic heterocycles. The van der Waals surface area contributed by atoms with E-state index >= 15 is 0 Å². The first kappa shape index (κ1) is 12.5. The molecule has 0 aliphatic carbocycles. The van der Waals surface area contributed by atoms with Crippen molar-refractivity contribution in [3.8, 4) is 0 Å². The lowest BCUT2D eigenvalue weighted by Gasteiger charge is -2.31. The minimum atomic E-state index is 0.243. The molecule has 6 heteroatoms. The van der Waals surface area contributed by atoms with Gasteiger partial charge in [0, 0.05) is 33.7 Å². The van der Waals surface area contributed by atoms with Gasteiger partial charge in [0.25, 0.3) is 0 Å². The largest absolute Gasteiger partial charge is 0.424 e. The van der Waals surface area contributed by atoms with Gasteiger partial charge in [0.2, 0.25) is 11.8 Å². The first-order valence-corrected chi connectivity index (χ1v) is 5.90. The monoisotopic (exact) mass is 241 g/mol. The number of nitrogens with zero attached hydrogens (tertiary/aromatic N) is 3. The standard InChI is InChI=1S/C11H19N3O3/c1-9-12-13-11(17-9)8-14-4-6-16-10(7-14)3-5-15-2/h10H,3-8H2,1-2H3/t10-/m0/s1. The van der Waals surface area contributed by atoms with Gasteiger partial charge in [-0.2, -0.15) is 0 Å². The average molecular weight is 241 g/mol. The molecular formula is C11H19N3O3. The van der Waals surface area contributed by atoms with Crippen LogP contribution in [0.15, 0.2) is 4.42 Å². The van der Waals surface area contributed by atoms with Crippen LogP contribution in [0.25, 0.3) is 0 Å². The number of aromatic nitrogens is 2. The van der Waals surface area contributed by atoms with E-state index in [0.717, 1.165) is 32.7 Å². The van der Waals surface area contributed by atoms with Crippen molar-refractivity contribution in [3.63, 3.8) is 0 Å². The topological polar surface area (TPSA) is 60.6 Å². The molecule has 1 atom stereocenters. The Morgan fingerprint density at radius 3 is 3.06 bits per heavy atom. The molecule has 17 heavy (non-hydrogen) atoms. The Balaban J connectivity index is 1.80. The van der Waals surface area contributed by atoms with Gasteiger partial charge in [0.1, 0.15) is 0 Å². The van der Waals surface area contributed by atoms with E-state index in [1.807, 2.05) is 0 Å². The molecule has 0 radical (unpaired) electrons. The molecule has 0 amide bonds. The Labute approximate surface area is 101 Å². The Kier molecular flexibility index (Phi) is 4.47. The summed E-state index contributed by atoms with van der Waals surface area (Å²) in [4.78, 5) is 2.27. The molecule has 96 valence electrons. The quantitative estimate of drug-likeness (QED) is 0.753. The van der Waals surface area contributed by atoms with Gasteiger partial charge in [-0.3, -0.25) is 4.90 Å². The van der Waals surface area contributed by atoms with Crippen molar-refractivity contribution in [2.75, 3.05) is 33.4 Å². The fourth-order valence-corrected chi connectivity index (χ4v) is 1.94. The van der Waals surface area contributed by atoms with Gasteiger partial charge in [-0.25, -0.2) is 0 Å². The maximum absolute atomic E-state index is 5.66. The van der Waals surface area contributed by atoms with Crippen LogP contribution in [0.3, 0.4) is 0 Å². The Morgan fingerprint density at radius 2 is 2.35 bits per heavy atom. The van der Waals surface area contributed by atoms with Crippen molar-refractivity contribution in [1.29, 1.82) is 0 Å². The summed E-state index contributed by atoms with van der Waals surface area (Å²) in [5.74, 6) is 1.29. The lowest BCUT2D eigenvalue weighted by Crippen LogP contribution is -2.42. The molecule has 1 aromatic rings. The van der Waals surface area contributed by atoms with E-state index in [2.05, 4.69) is 15.1 Å². The molecule has 0 bridgehead atoms. The van der Waals surface area contributed by atoms with E-state index in [9.17, 15) is 0 Å². The smallest absolute Gasteiger partial charge is 0.230 e. The first-order valence-electron chi connectivity index (χ1n) is 5.90. The second kappa shape index (κ2) is 6.09. The third kappa shape index (κ3) is 3.76. The number of rotatable bonds is 5. The molecule has 0 spiro atoms. The van der Waals surface area contributed by atoms with Crippen molar-refractivity contribution in [3.05, 3.63) is 11.8 Å². The fraction of sp³-hybridized carbons (Fsp3) is 0.818. The summed E-state index contributed by atoms with van der Waals surface area (Å²) < 4.78 is 16.1. The van der Waals surface area contributed by atoms with Gasteiger partial charge >= 0.3 is 0 Å². The second-order valence-corrected chi connectivity index (χ2v) is 4.22. The van der Waals surface area contributed by atoms with Crippen molar-refractivity contribution in [1.82, 2.24) is 15.1 Å². The summed E-state index contributed by atoms with van der Waals surface area (Å²) in [6, 6.07) is 0. The highest BCUT2D eigenvalue weighted by atomic mass is 16.5. The number of hydrogen-bond acceptors (Lipinski definition) is 6. The molecule has 6 nitrogen and oxygen atoms in total. The third-order valence-electron chi connectivity index (χ3n) is 2.79. The Bertz CT molecular complexity index is 342. The number of hydrogen-bond donors (Lipinski definition) is 0. The zero-order valence-corrected chi connectivity index (χ0v) is 10.4. The number of morpholine rings is 1. The summed E-state index contributed by atoms with van der Waals surface area (Å²) in [5, 5.41) is 7.83. The second-order valence-electron chi connectivity index (χ2n) is 4.22. The number of aryl methyl sites for hydroxylation is 1. The van der Waals surface area contributed by atoms with Gasteiger partial charge < -0.3 is 13.9 Å². The Hall–Kier alpha value is -0.980. The minimum Gasteiger partial charge on any atom is -0.424 e. The lowest BCUT2D eigenvalue weighted by atomic mass is 10.2. The molecular weight excluding hydrogens is 222 g/mol. The van der Waals surface area contributed by atoms with E-state index in [1.54, 1.807) is 14.0 Å². The summed E-state index contributed by atoms with van der Waals surface area (Å²) in [7, 11) is 1.71. The highest BCUT2D eigenvalue weighted by Gasteiger charge is 2.21. The zero-order chi connectivity index (χ0) is 12.1. The first-order chi connectivity index (χ1) is 8.28. The van der Waals surface area contributed by atoms with Crippen LogP contribution >= 0.6 is 0 Å². The summed E-state index contributed by atoms with van der Waals surface area (Å²) in [5.41, 5.74) is 0. The molecule has 0 aromatic carbocycles. The van der Waals surface area contributed by atoms with E-state index < -0.39 is 0 Å². The van der Waals surface area contributed by atoms with E-state index in [1.165, 1.54) is 0 Å². The highest BCUT2D eigenvalue weighted by Crippen LogP contribution is 2.11. The summed E-state index contributed by atoms with van der Waals surface area (Å²) >= 11 is 0. The lowest BCUT2D eigenvalue weighted by molar-refractivity contribution is -0.0452. The van der Waals surface area contributed by atoms with E-state index in [-0.39, 0.29) is 6.10 Å². The van der Waals surface area contributed by atoms with Crippen LogP contribution in [-0.4, -0.2) is 54.6 Å². The van der Waals surface area contributed by atoms with Crippen molar-refractivity contribution in [2.24, 2.45) is 0 Å². The van der Waals surface area contributed by atoms with Gasteiger partial charge in [-0.05, 0) is 6.42 Å². The van der Waals surface area contributed by atoms with Gasteiger partial charge in [0.15, 0.2) is 0 Å². The van der Waals surface area contributed by atoms with Crippen LogP contribution in [-0.2, 0) is 16.0 Å². The fourth-order valence-electron chi connectivity index (χ4n) is 1.94. The van der Waals surface area contributed by atoms with Gasteiger partial charge in [0.05, 0.1) is 19.3 Å². The van der Waals surface area contributed by atoms with Crippen LogP contribution < -0.4 is 0 Å². The molecule has 0 unspecified atom stereocenters. The summed E-state index contributed by atoms with van der Waals surface area (Å²) in [6.45, 7) is 5.79. The van der Waals surface area contributed by atoms with Crippen LogP contribution in [0.2, 0.25) is 0 Å². The summed E-state index contributed by atoms with van der Waals surface area (Å²) in [6.07, 6.45) is 1.17.